The Labute approximate surface area is 211 Å². The summed E-state index contributed by atoms with van der Waals surface area (Å²) in [5, 5.41) is 13.4. The molecule has 0 aliphatic heterocycles. The second-order valence-electron chi connectivity index (χ2n) is 8.53. The van der Waals surface area contributed by atoms with Crippen LogP contribution in [-0.4, -0.2) is 48.1 Å². The molecule has 3 aromatic carbocycles. The van der Waals surface area contributed by atoms with Crippen LogP contribution in [-0.2, 0) is 23.6 Å². The quantitative estimate of drug-likeness (QED) is 0.337. The predicted octanol–water partition coefficient (Wildman–Crippen LogP) is 4.06. The summed E-state index contributed by atoms with van der Waals surface area (Å²) in [5.74, 6) is 0.712. The molecule has 0 saturated heterocycles. The number of nitrogens with one attached hydrogen (secondary N) is 1. The summed E-state index contributed by atoms with van der Waals surface area (Å²) < 4.78 is 35.3. The van der Waals surface area contributed by atoms with Gasteiger partial charge in [0.05, 0.1) is 36.7 Å². The third-order valence-corrected chi connectivity index (χ3v) is 7.76. The molecular weight excluding hydrogens is 476 g/mol. The molecule has 36 heavy (non-hydrogen) atoms. The molecule has 4 aromatic rings. The molecule has 0 spiro atoms. The van der Waals surface area contributed by atoms with Crippen molar-refractivity contribution in [1.82, 2.24) is 13.9 Å². The van der Waals surface area contributed by atoms with Crippen molar-refractivity contribution < 1.29 is 18.3 Å². The Morgan fingerprint density at radius 1 is 1.08 bits per heavy atom. The van der Waals surface area contributed by atoms with Gasteiger partial charge in [0.25, 0.3) is 0 Å². The lowest BCUT2D eigenvalue weighted by Gasteiger charge is -2.22. The highest BCUT2D eigenvalue weighted by Gasteiger charge is 2.24. The molecule has 188 valence electrons. The number of aryl methyl sites for hydroxylation is 1. The minimum atomic E-state index is -3.79. The third-order valence-electron chi connectivity index (χ3n) is 5.96. The van der Waals surface area contributed by atoms with Crippen molar-refractivity contribution in [2.75, 3.05) is 26.1 Å². The van der Waals surface area contributed by atoms with Crippen molar-refractivity contribution in [1.29, 1.82) is 0 Å². The first-order chi connectivity index (χ1) is 17.3. The molecule has 1 aromatic heterocycles. The van der Waals surface area contributed by atoms with Gasteiger partial charge in [-0.3, -0.25) is 0 Å². The highest BCUT2D eigenvalue weighted by atomic mass is 32.2. The maximum Gasteiger partial charge on any atom is 0.243 e. The van der Waals surface area contributed by atoms with Crippen LogP contribution in [0.3, 0.4) is 0 Å². The van der Waals surface area contributed by atoms with E-state index in [1.54, 1.807) is 55.4 Å². The number of nitrogens with zero attached hydrogens (tertiary/aromatic N) is 3. The lowest BCUT2D eigenvalue weighted by molar-refractivity contribution is 0.276. The molecule has 4 rings (SSSR count). The summed E-state index contributed by atoms with van der Waals surface area (Å²) in [7, 11) is 1.21. The van der Waals surface area contributed by atoms with E-state index in [1.165, 1.54) is 4.31 Å². The number of imidazole rings is 1. The number of aliphatic hydroxyl groups excluding tert-OH is 1. The zero-order chi connectivity index (χ0) is 25.7. The lowest BCUT2D eigenvalue weighted by atomic mass is 10.1. The largest absolute Gasteiger partial charge is 0.497 e. The van der Waals surface area contributed by atoms with E-state index in [4.69, 9.17) is 4.74 Å². The average Bonchev–Trinajstić information content (AvgIpc) is 3.34. The zero-order valence-electron chi connectivity index (χ0n) is 20.5. The van der Waals surface area contributed by atoms with Gasteiger partial charge in [-0.15, -0.1) is 0 Å². The van der Waals surface area contributed by atoms with Crippen LogP contribution in [0.4, 0.5) is 5.69 Å². The van der Waals surface area contributed by atoms with E-state index >= 15 is 0 Å². The highest BCUT2D eigenvalue weighted by molar-refractivity contribution is 7.89. The molecule has 0 unspecified atom stereocenters. The van der Waals surface area contributed by atoms with Gasteiger partial charge in [-0.25, -0.2) is 13.4 Å². The average molecular weight is 507 g/mol. The van der Waals surface area contributed by atoms with Gasteiger partial charge in [0.1, 0.15) is 5.75 Å². The van der Waals surface area contributed by atoms with Crippen molar-refractivity contribution in [2.45, 2.75) is 17.5 Å². The number of aromatic nitrogens is 2. The van der Waals surface area contributed by atoms with Crippen LogP contribution < -0.4 is 10.1 Å². The molecule has 1 atom stereocenters. The minimum absolute atomic E-state index is 0.129. The Kier molecular flexibility index (Phi) is 7.73. The van der Waals surface area contributed by atoms with E-state index in [9.17, 15) is 13.5 Å². The summed E-state index contributed by atoms with van der Waals surface area (Å²) >= 11 is 0. The summed E-state index contributed by atoms with van der Waals surface area (Å²) in [6, 6.07) is 21.5. The van der Waals surface area contributed by atoms with Crippen LogP contribution in [0, 0.1) is 0 Å². The molecule has 0 fully saturated rings. The first-order valence-electron chi connectivity index (χ1n) is 11.5. The van der Waals surface area contributed by atoms with Gasteiger partial charge in [-0.1, -0.05) is 42.5 Å². The fourth-order valence-corrected chi connectivity index (χ4v) is 5.12. The van der Waals surface area contributed by atoms with Gasteiger partial charge >= 0.3 is 0 Å². The van der Waals surface area contributed by atoms with Gasteiger partial charge in [-0.05, 0) is 41.5 Å². The Balaban J connectivity index is 1.67. The van der Waals surface area contributed by atoms with Gasteiger partial charge in [0, 0.05) is 38.1 Å². The molecule has 9 heteroatoms. The van der Waals surface area contributed by atoms with Crippen LogP contribution in [0.2, 0.25) is 0 Å². The number of methoxy groups -OCH3 is 1. The van der Waals surface area contributed by atoms with E-state index in [2.05, 4.69) is 10.3 Å². The van der Waals surface area contributed by atoms with E-state index in [0.717, 1.165) is 11.1 Å². The molecule has 0 bridgehead atoms. The van der Waals surface area contributed by atoms with E-state index in [-0.39, 0.29) is 24.1 Å². The summed E-state index contributed by atoms with van der Waals surface area (Å²) in [6.07, 6.45) is 3.49. The van der Waals surface area contributed by atoms with Gasteiger partial charge in [0.15, 0.2) is 0 Å². The number of benzene rings is 3. The molecule has 0 saturated carbocycles. The van der Waals surface area contributed by atoms with Crippen LogP contribution in [0.5, 0.6) is 5.75 Å². The van der Waals surface area contributed by atoms with Gasteiger partial charge in [-0.2, -0.15) is 4.31 Å². The number of aliphatic hydroxyl groups is 1. The fourth-order valence-electron chi connectivity index (χ4n) is 3.93. The molecule has 1 heterocycles. The number of hydrogen-bond acceptors (Lipinski definition) is 6. The molecule has 8 nitrogen and oxygen atoms in total. The third kappa shape index (κ3) is 5.59. The first kappa shape index (κ1) is 25.4. The molecule has 0 aliphatic carbocycles. The summed E-state index contributed by atoms with van der Waals surface area (Å²) in [5.41, 5.74) is 3.69. The maximum atomic E-state index is 13.5. The van der Waals surface area contributed by atoms with Crippen LogP contribution in [0.1, 0.15) is 17.2 Å². The second kappa shape index (κ2) is 10.9. The summed E-state index contributed by atoms with van der Waals surface area (Å²) in [6.45, 7) is 0.0855. The molecular formula is C27H30N4O4S. The minimum Gasteiger partial charge on any atom is -0.497 e. The first-order valence-corrected chi connectivity index (χ1v) is 12.9. The van der Waals surface area contributed by atoms with Gasteiger partial charge < -0.3 is 19.7 Å². The SMILES string of the molecule is COc1ccc(CN(C)S(=O)(=O)c2ccc(N[C@@H](CO)c3ccccc3)c(-c3cn(C)cn3)c2)cc1. The molecule has 0 amide bonds. The number of sulfonamides is 1. The fraction of sp³-hybridized carbons (Fsp3) is 0.222. The highest BCUT2D eigenvalue weighted by Crippen LogP contribution is 2.33. The Morgan fingerprint density at radius 2 is 1.81 bits per heavy atom. The molecule has 2 N–H and O–H groups in total. The number of ether oxygens (including phenoxy) is 1. The lowest BCUT2D eigenvalue weighted by Crippen LogP contribution is -2.26. The van der Waals surface area contributed by atoms with Crippen molar-refractivity contribution in [3.8, 4) is 17.0 Å². The van der Waals surface area contributed by atoms with Gasteiger partial charge in [0.2, 0.25) is 10.0 Å². The Morgan fingerprint density at radius 3 is 2.42 bits per heavy atom. The number of hydrogen-bond donors (Lipinski definition) is 2. The molecule has 0 radical (unpaired) electrons. The van der Waals surface area contributed by atoms with Crippen molar-refractivity contribution in [3.63, 3.8) is 0 Å². The number of anilines is 1. The Bertz CT molecular complexity index is 1400. The summed E-state index contributed by atoms with van der Waals surface area (Å²) in [4.78, 5) is 4.60. The normalized spacial score (nSPS) is 12.5. The predicted molar refractivity (Wildman–Crippen MR) is 140 cm³/mol. The van der Waals surface area contributed by atoms with Crippen LogP contribution >= 0.6 is 0 Å². The van der Waals surface area contributed by atoms with E-state index < -0.39 is 10.0 Å². The Hall–Kier alpha value is -3.66. The smallest absolute Gasteiger partial charge is 0.243 e. The van der Waals surface area contributed by atoms with Crippen LogP contribution in [0.25, 0.3) is 11.3 Å². The van der Waals surface area contributed by atoms with Crippen molar-refractivity contribution in [3.05, 3.63) is 96.4 Å². The topological polar surface area (TPSA) is 96.7 Å². The maximum absolute atomic E-state index is 13.5. The molecule has 0 aliphatic rings. The second-order valence-corrected chi connectivity index (χ2v) is 10.6. The van der Waals surface area contributed by atoms with Crippen LogP contribution in [0.15, 0.2) is 90.2 Å². The zero-order valence-corrected chi connectivity index (χ0v) is 21.3. The van der Waals surface area contributed by atoms with Crippen molar-refractivity contribution >= 4 is 15.7 Å². The van der Waals surface area contributed by atoms with E-state index in [1.807, 2.05) is 55.7 Å². The van der Waals surface area contributed by atoms with Crippen molar-refractivity contribution in [2.24, 2.45) is 7.05 Å². The monoisotopic (exact) mass is 506 g/mol. The van der Waals surface area contributed by atoms with E-state index in [0.29, 0.717) is 22.7 Å². The number of rotatable bonds is 10. The standard InChI is InChI=1S/C27H30N4O4S/c1-30-17-26(28-19-30)24-15-23(13-14-25(24)29-27(18-32)21-7-5-4-6-8-21)36(33,34)31(2)16-20-9-11-22(35-3)12-10-20/h4-15,17,19,27,29,32H,16,18H2,1-3H3/t27-/m0/s1.